The molecule has 0 spiro atoms. The Kier molecular flexibility index (Phi) is 5.41. The fourth-order valence-corrected chi connectivity index (χ4v) is 3.50. The molecule has 0 aliphatic carbocycles. The second kappa shape index (κ2) is 7.75. The minimum atomic E-state index is -2.80. The number of aryl methyl sites for hydroxylation is 1. The van der Waals surface area contributed by atoms with Crippen LogP contribution in [0.3, 0.4) is 0 Å². The number of alkyl halides is 2. The molecule has 1 amide bonds. The molecule has 3 aromatic rings. The van der Waals surface area contributed by atoms with Crippen LogP contribution in [0, 0.1) is 12.3 Å². The molecule has 0 atom stereocenters. The number of nitrogens with zero attached hydrogens (tertiary/aromatic N) is 1. The van der Waals surface area contributed by atoms with Crippen LogP contribution in [0.2, 0.25) is 0 Å². The molecule has 0 saturated heterocycles. The van der Waals surface area contributed by atoms with Gasteiger partial charge in [-0.15, -0.1) is 11.3 Å². The number of thiazole rings is 1. The van der Waals surface area contributed by atoms with E-state index in [0.29, 0.717) is 16.4 Å². The number of halogens is 2. The summed E-state index contributed by atoms with van der Waals surface area (Å²) in [5, 5.41) is 10.8. The second-order valence-electron chi connectivity index (χ2n) is 5.95. The molecular formula is C20H17F2N3OS. The summed E-state index contributed by atoms with van der Waals surface area (Å²) < 4.78 is 26.3. The van der Waals surface area contributed by atoms with Gasteiger partial charge in [-0.1, -0.05) is 42.5 Å². The Morgan fingerprint density at radius 1 is 1.15 bits per heavy atom. The number of hydrogen-bond donors (Lipinski definition) is 2. The molecule has 27 heavy (non-hydrogen) atoms. The highest BCUT2D eigenvalue weighted by atomic mass is 32.1. The van der Waals surface area contributed by atoms with E-state index >= 15 is 0 Å². The molecule has 4 nitrogen and oxygen atoms in total. The quantitative estimate of drug-likeness (QED) is 0.554. The third-order valence-electron chi connectivity index (χ3n) is 3.98. The average molecular weight is 385 g/mol. The molecule has 0 bridgehead atoms. The lowest BCUT2D eigenvalue weighted by Crippen LogP contribution is -2.13. The van der Waals surface area contributed by atoms with Crippen LogP contribution in [0.5, 0.6) is 0 Å². The Labute approximate surface area is 159 Å². The number of anilines is 1. The summed E-state index contributed by atoms with van der Waals surface area (Å²) >= 11 is 0.950. The summed E-state index contributed by atoms with van der Waals surface area (Å²) in [6.45, 7) is 3.30. The number of rotatable bonds is 5. The molecule has 0 aliphatic rings. The van der Waals surface area contributed by atoms with Gasteiger partial charge in [0, 0.05) is 17.0 Å². The minimum absolute atomic E-state index is 0.0768. The molecule has 2 N–H and O–H groups in total. The Hall–Kier alpha value is -2.93. The zero-order valence-electron chi connectivity index (χ0n) is 14.7. The van der Waals surface area contributed by atoms with Crippen molar-refractivity contribution in [1.82, 2.24) is 4.98 Å². The van der Waals surface area contributed by atoms with E-state index in [-0.39, 0.29) is 4.88 Å². The zero-order chi connectivity index (χ0) is 19.6. The molecule has 3 rings (SSSR count). The first-order chi connectivity index (χ1) is 12.9. The highest BCUT2D eigenvalue weighted by Crippen LogP contribution is 2.31. The number of carbonyl (C=O) groups excluding carboxylic acids is 1. The molecule has 1 heterocycles. The number of nitrogens with one attached hydrogen (secondary N) is 2. The molecular weight excluding hydrogens is 368 g/mol. The predicted molar refractivity (Wildman–Crippen MR) is 104 cm³/mol. The van der Waals surface area contributed by atoms with Crippen molar-refractivity contribution in [1.29, 1.82) is 5.41 Å². The smallest absolute Gasteiger partial charge is 0.282 e. The Balaban J connectivity index is 1.93. The molecule has 0 unspecified atom stereocenters. The van der Waals surface area contributed by atoms with Gasteiger partial charge in [-0.05, 0) is 31.0 Å². The van der Waals surface area contributed by atoms with E-state index in [4.69, 9.17) is 5.41 Å². The van der Waals surface area contributed by atoms with E-state index in [1.807, 2.05) is 36.4 Å². The van der Waals surface area contributed by atoms with Crippen molar-refractivity contribution >= 4 is 28.6 Å². The lowest BCUT2D eigenvalue weighted by atomic mass is 10.0. The molecule has 7 heteroatoms. The maximum atomic E-state index is 13.1. The number of benzene rings is 2. The number of aromatic nitrogens is 1. The van der Waals surface area contributed by atoms with Gasteiger partial charge in [0.15, 0.2) is 0 Å². The molecule has 0 fully saturated rings. The van der Waals surface area contributed by atoms with Crippen molar-refractivity contribution in [2.45, 2.75) is 20.3 Å². The molecule has 2 aromatic carbocycles. The SMILES string of the molecule is CC(=N)c1ccc(-c2ccccc2NC(=O)c2sc(C)nc2C(F)F)cc1. The summed E-state index contributed by atoms with van der Waals surface area (Å²) in [6.07, 6.45) is -2.80. The molecule has 0 saturated carbocycles. The summed E-state index contributed by atoms with van der Waals surface area (Å²) in [6, 6.07) is 14.5. The summed E-state index contributed by atoms with van der Waals surface area (Å²) in [5.41, 5.74) is 2.92. The standard InChI is InChI=1S/C20H17F2N3OS/c1-11(23)13-7-9-14(10-8-13)15-5-3-4-6-16(15)25-20(26)18-17(19(21)22)24-12(2)27-18/h3-10,19,23H,1-2H3,(H,25,26). The summed E-state index contributed by atoms with van der Waals surface area (Å²) in [5.74, 6) is -0.602. The van der Waals surface area contributed by atoms with E-state index in [0.717, 1.165) is 28.0 Å². The first-order valence-electron chi connectivity index (χ1n) is 8.18. The Bertz CT molecular complexity index is 997. The summed E-state index contributed by atoms with van der Waals surface area (Å²) in [4.78, 5) is 16.3. The Morgan fingerprint density at radius 2 is 1.81 bits per heavy atom. The van der Waals surface area contributed by atoms with Crippen LogP contribution < -0.4 is 5.32 Å². The van der Waals surface area contributed by atoms with E-state index in [2.05, 4.69) is 10.3 Å². The Morgan fingerprint density at radius 3 is 2.44 bits per heavy atom. The fourth-order valence-electron chi connectivity index (χ4n) is 2.68. The van der Waals surface area contributed by atoms with E-state index < -0.39 is 18.0 Å². The third kappa shape index (κ3) is 4.09. The van der Waals surface area contributed by atoms with E-state index in [1.165, 1.54) is 0 Å². The van der Waals surface area contributed by atoms with Crippen molar-refractivity contribution < 1.29 is 13.6 Å². The highest BCUT2D eigenvalue weighted by molar-refractivity contribution is 7.13. The first kappa shape index (κ1) is 18.8. The fraction of sp³-hybridized carbons (Fsp3) is 0.150. The number of carbonyl (C=O) groups is 1. The van der Waals surface area contributed by atoms with Crippen LogP contribution >= 0.6 is 11.3 Å². The molecule has 0 aliphatic heterocycles. The van der Waals surface area contributed by atoms with Gasteiger partial charge in [0.1, 0.15) is 10.6 Å². The van der Waals surface area contributed by atoms with Crippen LogP contribution in [0.1, 0.15) is 39.3 Å². The summed E-state index contributed by atoms with van der Waals surface area (Å²) in [7, 11) is 0. The maximum Gasteiger partial charge on any atom is 0.282 e. The lowest BCUT2D eigenvalue weighted by Gasteiger charge is -2.12. The van der Waals surface area contributed by atoms with Crippen LogP contribution in [0.15, 0.2) is 48.5 Å². The monoisotopic (exact) mass is 385 g/mol. The van der Waals surface area contributed by atoms with Crippen molar-refractivity contribution in [2.75, 3.05) is 5.32 Å². The van der Waals surface area contributed by atoms with E-state index in [1.54, 1.807) is 26.0 Å². The molecule has 1 aromatic heterocycles. The van der Waals surface area contributed by atoms with Crippen molar-refractivity contribution in [3.63, 3.8) is 0 Å². The number of para-hydroxylation sites is 1. The minimum Gasteiger partial charge on any atom is -0.321 e. The van der Waals surface area contributed by atoms with Gasteiger partial charge in [0.2, 0.25) is 0 Å². The molecule has 0 radical (unpaired) electrons. The zero-order valence-corrected chi connectivity index (χ0v) is 15.5. The second-order valence-corrected chi connectivity index (χ2v) is 7.15. The van der Waals surface area contributed by atoms with Gasteiger partial charge in [-0.25, -0.2) is 13.8 Å². The highest BCUT2D eigenvalue weighted by Gasteiger charge is 2.24. The maximum absolute atomic E-state index is 13.1. The van der Waals surface area contributed by atoms with Crippen LogP contribution in [-0.4, -0.2) is 16.6 Å². The first-order valence-corrected chi connectivity index (χ1v) is 9.00. The van der Waals surface area contributed by atoms with Crippen LogP contribution in [0.4, 0.5) is 14.5 Å². The van der Waals surface area contributed by atoms with Crippen molar-refractivity contribution in [2.24, 2.45) is 0 Å². The van der Waals surface area contributed by atoms with Gasteiger partial charge < -0.3 is 10.7 Å². The predicted octanol–water partition coefficient (Wildman–Crippen LogP) is 5.70. The molecule has 138 valence electrons. The third-order valence-corrected chi connectivity index (χ3v) is 4.96. The normalized spacial score (nSPS) is 10.9. The topological polar surface area (TPSA) is 65.8 Å². The number of hydrogen-bond acceptors (Lipinski definition) is 4. The number of amides is 1. The average Bonchev–Trinajstić information content (AvgIpc) is 3.04. The van der Waals surface area contributed by atoms with Crippen LogP contribution in [-0.2, 0) is 0 Å². The van der Waals surface area contributed by atoms with E-state index in [9.17, 15) is 13.6 Å². The van der Waals surface area contributed by atoms with Crippen molar-refractivity contribution in [3.05, 3.63) is 69.7 Å². The van der Waals surface area contributed by atoms with Gasteiger partial charge in [0.05, 0.1) is 5.01 Å². The largest absolute Gasteiger partial charge is 0.321 e. The van der Waals surface area contributed by atoms with Crippen LogP contribution in [0.25, 0.3) is 11.1 Å². The van der Waals surface area contributed by atoms with Gasteiger partial charge in [-0.2, -0.15) is 0 Å². The van der Waals surface area contributed by atoms with Gasteiger partial charge in [-0.3, -0.25) is 4.79 Å². The van der Waals surface area contributed by atoms with Gasteiger partial charge in [0.25, 0.3) is 12.3 Å². The van der Waals surface area contributed by atoms with Crippen molar-refractivity contribution in [3.8, 4) is 11.1 Å². The lowest BCUT2D eigenvalue weighted by molar-refractivity contribution is 0.101. The van der Waals surface area contributed by atoms with Gasteiger partial charge >= 0.3 is 0 Å².